The van der Waals surface area contributed by atoms with E-state index in [4.69, 9.17) is 9.57 Å². The van der Waals surface area contributed by atoms with E-state index in [2.05, 4.69) is 5.48 Å². The van der Waals surface area contributed by atoms with Crippen molar-refractivity contribution in [2.24, 2.45) is 0 Å². The lowest BCUT2D eigenvalue weighted by Crippen LogP contribution is -2.06. The fraction of sp³-hybridized carbons (Fsp3) is 0.333. The maximum Gasteiger partial charge on any atom is 0.119 e. The Labute approximate surface area is 90.7 Å². The summed E-state index contributed by atoms with van der Waals surface area (Å²) in [7, 11) is 1.74. The van der Waals surface area contributed by atoms with Gasteiger partial charge in [0.1, 0.15) is 5.75 Å². The molecular weight excluding hydrogens is 190 g/mol. The van der Waals surface area contributed by atoms with Crippen LogP contribution in [-0.4, -0.2) is 20.3 Å². The first-order valence-corrected chi connectivity index (χ1v) is 5.04. The van der Waals surface area contributed by atoms with Crippen molar-refractivity contribution in [3.8, 4) is 5.75 Å². The van der Waals surface area contributed by atoms with Gasteiger partial charge in [0.15, 0.2) is 0 Å². The molecule has 1 N–H and O–H groups in total. The van der Waals surface area contributed by atoms with Gasteiger partial charge in [0, 0.05) is 7.05 Å². The number of nitrogens with one attached hydrogen (secondary N) is 1. The summed E-state index contributed by atoms with van der Waals surface area (Å²) in [6.07, 6.45) is 3.96. The van der Waals surface area contributed by atoms with Crippen molar-refractivity contribution in [1.29, 1.82) is 0 Å². The average Bonchev–Trinajstić information content (AvgIpc) is 2.27. The third kappa shape index (κ3) is 4.63. The van der Waals surface area contributed by atoms with Crippen molar-refractivity contribution < 1.29 is 9.57 Å². The van der Waals surface area contributed by atoms with E-state index in [1.807, 2.05) is 43.3 Å². The minimum atomic E-state index is 0.559. The Morgan fingerprint density at radius 3 is 2.60 bits per heavy atom. The molecule has 3 heteroatoms. The Morgan fingerprint density at radius 1 is 1.27 bits per heavy atom. The number of hydrogen-bond donors (Lipinski definition) is 1. The van der Waals surface area contributed by atoms with Crippen molar-refractivity contribution in [2.75, 3.05) is 20.3 Å². The molecule has 0 fully saturated rings. The normalized spacial score (nSPS) is 10.8. The first-order chi connectivity index (χ1) is 7.36. The third-order valence-electron chi connectivity index (χ3n) is 1.83. The van der Waals surface area contributed by atoms with Gasteiger partial charge in [0.05, 0.1) is 13.2 Å². The van der Waals surface area contributed by atoms with Crippen molar-refractivity contribution in [1.82, 2.24) is 5.48 Å². The fourth-order valence-corrected chi connectivity index (χ4v) is 1.16. The minimum Gasteiger partial charge on any atom is -0.494 e. The van der Waals surface area contributed by atoms with Crippen LogP contribution in [0.3, 0.4) is 0 Å². The molecule has 0 saturated heterocycles. The number of benzene rings is 1. The topological polar surface area (TPSA) is 30.5 Å². The van der Waals surface area contributed by atoms with Crippen LogP contribution in [0, 0.1) is 0 Å². The Hall–Kier alpha value is -1.32. The van der Waals surface area contributed by atoms with Gasteiger partial charge >= 0.3 is 0 Å². The van der Waals surface area contributed by atoms with Crippen molar-refractivity contribution in [3.05, 3.63) is 35.9 Å². The molecule has 0 aliphatic carbocycles. The smallest absolute Gasteiger partial charge is 0.119 e. The van der Waals surface area contributed by atoms with E-state index < -0.39 is 0 Å². The van der Waals surface area contributed by atoms with Crippen LogP contribution in [0.25, 0.3) is 6.08 Å². The molecule has 0 atom stereocenters. The van der Waals surface area contributed by atoms with Crippen LogP contribution >= 0.6 is 0 Å². The van der Waals surface area contributed by atoms with E-state index in [1.165, 1.54) is 0 Å². The van der Waals surface area contributed by atoms with Gasteiger partial charge in [0.2, 0.25) is 0 Å². The lowest BCUT2D eigenvalue weighted by atomic mass is 10.2. The Kier molecular flexibility index (Phi) is 5.51. The molecule has 1 aromatic rings. The first-order valence-electron chi connectivity index (χ1n) is 5.04. The van der Waals surface area contributed by atoms with Crippen LogP contribution < -0.4 is 10.2 Å². The molecular formula is C12H17NO2. The molecule has 82 valence electrons. The zero-order valence-electron chi connectivity index (χ0n) is 9.19. The van der Waals surface area contributed by atoms with Gasteiger partial charge in [0.25, 0.3) is 0 Å². The summed E-state index contributed by atoms with van der Waals surface area (Å²) >= 11 is 0. The van der Waals surface area contributed by atoms with Crippen LogP contribution in [0.5, 0.6) is 5.75 Å². The van der Waals surface area contributed by atoms with E-state index >= 15 is 0 Å². The van der Waals surface area contributed by atoms with Gasteiger partial charge in [-0.1, -0.05) is 24.3 Å². The Morgan fingerprint density at radius 2 is 2.00 bits per heavy atom. The second-order valence-electron chi connectivity index (χ2n) is 2.92. The molecule has 0 unspecified atom stereocenters. The van der Waals surface area contributed by atoms with Gasteiger partial charge in [-0.25, -0.2) is 5.48 Å². The Bertz CT molecular complexity index is 293. The second-order valence-corrected chi connectivity index (χ2v) is 2.92. The summed E-state index contributed by atoms with van der Waals surface area (Å²) in [4.78, 5) is 4.96. The molecule has 15 heavy (non-hydrogen) atoms. The standard InChI is InChI=1S/C12H17NO2/c1-3-14-12-8-6-11(7-9-12)5-4-10-15-13-2/h4-9,13H,3,10H2,1-2H3/b5-4+. The second kappa shape index (κ2) is 7.04. The summed E-state index contributed by atoms with van der Waals surface area (Å²) in [5.74, 6) is 0.904. The molecule has 0 spiro atoms. The average molecular weight is 207 g/mol. The lowest BCUT2D eigenvalue weighted by molar-refractivity contribution is 0.0814. The largest absolute Gasteiger partial charge is 0.494 e. The highest BCUT2D eigenvalue weighted by atomic mass is 16.6. The predicted octanol–water partition coefficient (Wildman–Crippen LogP) is 2.25. The van der Waals surface area contributed by atoms with Crippen molar-refractivity contribution in [3.63, 3.8) is 0 Å². The molecule has 0 amide bonds. The first kappa shape index (κ1) is 11.8. The SMILES string of the molecule is CCOc1ccc(/C=C/CONC)cc1. The maximum absolute atomic E-state index is 5.35. The zero-order chi connectivity index (χ0) is 10.9. The molecule has 1 aromatic carbocycles. The van der Waals surface area contributed by atoms with Crippen LogP contribution in [0.15, 0.2) is 30.3 Å². The Balaban J connectivity index is 2.45. The number of hydrogen-bond acceptors (Lipinski definition) is 3. The summed E-state index contributed by atoms with van der Waals surface area (Å²) in [6, 6.07) is 7.95. The number of ether oxygens (including phenoxy) is 1. The highest BCUT2D eigenvalue weighted by molar-refractivity contribution is 5.50. The zero-order valence-corrected chi connectivity index (χ0v) is 9.19. The van der Waals surface area contributed by atoms with Crippen LogP contribution in [0.1, 0.15) is 12.5 Å². The highest BCUT2D eigenvalue weighted by Crippen LogP contribution is 2.12. The molecule has 0 radical (unpaired) electrons. The summed E-state index contributed by atoms with van der Waals surface area (Å²) in [5, 5.41) is 0. The third-order valence-corrected chi connectivity index (χ3v) is 1.83. The summed E-state index contributed by atoms with van der Waals surface area (Å²) in [6.45, 7) is 3.23. The maximum atomic E-state index is 5.35. The molecule has 0 aliphatic heterocycles. The van der Waals surface area contributed by atoms with E-state index in [9.17, 15) is 0 Å². The summed E-state index contributed by atoms with van der Waals surface area (Å²) < 4.78 is 5.35. The predicted molar refractivity (Wildman–Crippen MR) is 61.7 cm³/mol. The van der Waals surface area contributed by atoms with Gasteiger partial charge in [-0.3, -0.25) is 4.84 Å². The van der Waals surface area contributed by atoms with E-state index in [0.717, 1.165) is 11.3 Å². The monoisotopic (exact) mass is 207 g/mol. The molecule has 0 heterocycles. The van der Waals surface area contributed by atoms with Crippen LogP contribution in [-0.2, 0) is 4.84 Å². The van der Waals surface area contributed by atoms with Crippen molar-refractivity contribution >= 4 is 6.08 Å². The number of rotatable bonds is 6. The van der Waals surface area contributed by atoms with E-state index in [1.54, 1.807) is 7.05 Å². The van der Waals surface area contributed by atoms with Gasteiger partial charge in [-0.2, -0.15) is 0 Å². The van der Waals surface area contributed by atoms with Crippen molar-refractivity contribution in [2.45, 2.75) is 6.92 Å². The fourth-order valence-electron chi connectivity index (χ4n) is 1.16. The van der Waals surface area contributed by atoms with Crippen LogP contribution in [0.2, 0.25) is 0 Å². The van der Waals surface area contributed by atoms with Gasteiger partial charge in [-0.05, 0) is 24.6 Å². The molecule has 0 bridgehead atoms. The number of hydroxylamine groups is 1. The molecule has 0 saturated carbocycles. The molecule has 0 aromatic heterocycles. The van der Waals surface area contributed by atoms with Crippen LogP contribution in [0.4, 0.5) is 0 Å². The molecule has 3 nitrogen and oxygen atoms in total. The minimum absolute atomic E-state index is 0.559. The quantitative estimate of drug-likeness (QED) is 0.573. The molecule has 1 rings (SSSR count). The van der Waals surface area contributed by atoms with Gasteiger partial charge < -0.3 is 4.74 Å². The van der Waals surface area contributed by atoms with E-state index in [-0.39, 0.29) is 0 Å². The molecule has 0 aliphatic rings. The van der Waals surface area contributed by atoms with E-state index in [0.29, 0.717) is 13.2 Å². The lowest BCUT2D eigenvalue weighted by Gasteiger charge is -2.02. The van der Waals surface area contributed by atoms with Gasteiger partial charge in [-0.15, -0.1) is 0 Å². The summed E-state index contributed by atoms with van der Waals surface area (Å²) in [5.41, 5.74) is 3.75. The highest BCUT2D eigenvalue weighted by Gasteiger charge is 1.90.